The van der Waals surface area contributed by atoms with Crippen LogP contribution in [0.3, 0.4) is 0 Å². The maximum absolute atomic E-state index is 8.70. The van der Waals surface area contributed by atoms with E-state index in [4.69, 9.17) is 30.3 Å². The highest BCUT2D eigenvalue weighted by Gasteiger charge is 1.58. The average Bonchev–Trinajstić information content (AvgIpc) is 2.53. The monoisotopic (exact) mass is 267 g/mol. The van der Waals surface area contributed by atoms with Crippen molar-refractivity contribution < 1.29 is 40.1 Å². The summed E-state index contributed by atoms with van der Waals surface area (Å²) < 4.78 is 0. The first-order valence-corrected chi connectivity index (χ1v) is 4.05. The molecule has 9 heteroatoms. The first kappa shape index (κ1) is 24.9. The summed E-state index contributed by atoms with van der Waals surface area (Å²) in [5.74, 6) is 0. The number of carbonyl (C=O) groups is 2. The molecule has 1 aromatic heterocycles. The van der Waals surface area contributed by atoms with Gasteiger partial charge in [-0.15, -0.1) is 0 Å². The first-order chi connectivity index (χ1) is 8.83. The minimum atomic E-state index is -0.0694. The van der Waals surface area contributed by atoms with Crippen LogP contribution >= 0.6 is 0 Å². The zero-order chi connectivity index (χ0) is 15.1. The highest BCUT2D eigenvalue weighted by atomic mass is 17.1. The van der Waals surface area contributed by atoms with Crippen LogP contribution in [0.2, 0.25) is 0 Å². The van der Waals surface area contributed by atoms with Crippen molar-refractivity contribution in [1.29, 1.82) is 0 Å². The molecule has 1 rings (SSSR count). The van der Waals surface area contributed by atoms with E-state index < -0.39 is 0 Å². The third-order valence-electron chi connectivity index (χ3n) is 0.653. The second-order valence-corrected chi connectivity index (χ2v) is 1.43. The van der Waals surface area contributed by atoms with Crippen LogP contribution in [0.5, 0.6) is 0 Å². The number of carbonyl (C=O) groups excluding carboxylic acids is 2. The number of aliphatic hydroxyl groups excluding tert-OH is 2. The second kappa shape index (κ2) is 46.1. The summed E-state index contributed by atoms with van der Waals surface area (Å²) in [6.45, 7) is -0.139. The predicted octanol–water partition coefficient (Wildman–Crippen LogP) is -0.437. The third kappa shape index (κ3) is 66.2. The predicted molar refractivity (Wildman–Crippen MR) is 60.1 cm³/mol. The van der Waals surface area contributed by atoms with Gasteiger partial charge in [0.15, 0.2) is 0 Å². The molecule has 0 saturated carbocycles. The fourth-order valence-electron chi connectivity index (χ4n) is 0.313. The Kier molecular flexibility index (Phi) is 63.9. The fourth-order valence-corrected chi connectivity index (χ4v) is 0.313. The van der Waals surface area contributed by atoms with Crippen molar-refractivity contribution in [2.24, 2.45) is 0 Å². The van der Waals surface area contributed by atoms with E-state index in [0.717, 1.165) is 14.2 Å². The van der Waals surface area contributed by atoms with Gasteiger partial charge in [-0.2, -0.15) is 0 Å². The number of aromatic nitrogens is 1. The van der Waals surface area contributed by atoms with E-state index in [1.807, 2.05) is 18.2 Å². The number of pyridine rings is 1. The Hall–Kier alpha value is -2.07. The number of nitrogens with zero attached hydrogens (tertiary/aromatic N) is 1. The van der Waals surface area contributed by atoms with Crippen LogP contribution in [0.4, 0.5) is 0 Å². The normalized spacial score (nSPS) is 5.67. The van der Waals surface area contributed by atoms with Gasteiger partial charge in [0.25, 0.3) is 0 Å². The molecule has 0 amide bonds. The topological polar surface area (TPSA) is 146 Å². The molecule has 0 spiro atoms. The van der Waals surface area contributed by atoms with E-state index in [-0.39, 0.29) is 12.9 Å². The number of rotatable bonds is 2. The molecule has 0 unspecified atom stereocenters. The summed E-state index contributed by atoms with van der Waals surface area (Å²) >= 11 is 0. The van der Waals surface area contributed by atoms with Crippen molar-refractivity contribution in [3.63, 3.8) is 0 Å². The van der Waals surface area contributed by atoms with Crippen molar-refractivity contribution in [1.82, 2.24) is 4.98 Å². The average molecular weight is 267 g/mol. The van der Waals surface area contributed by atoms with E-state index in [1.165, 1.54) is 0 Å². The molecule has 0 aliphatic heterocycles. The van der Waals surface area contributed by atoms with Crippen LogP contribution in [-0.4, -0.2) is 52.9 Å². The van der Waals surface area contributed by atoms with Crippen LogP contribution in [0.1, 0.15) is 0 Å². The fraction of sp³-hybridized carbons (Fsp3) is 0.222. The summed E-state index contributed by atoms with van der Waals surface area (Å²) in [5.41, 5.74) is 0. The van der Waals surface area contributed by atoms with Gasteiger partial charge in [-0.05, 0) is 12.1 Å². The van der Waals surface area contributed by atoms with E-state index >= 15 is 0 Å². The lowest BCUT2D eigenvalue weighted by atomic mass is 10.5. The highest BCUT2D eigenvalue weighted by molar-refractivity contribution is 5.35. The lowest BCUT2D eigenvalue weighted by Crippen LogP contribution is -1.69. The van der Waals surface area contributed by atoms with Crippen molar-refractivity contribution in [2.45, 2.75) is 0 Å². The molecular formula is C9H17NO8. The van der Waals surface area contributed by atoms with E-state index in [9.17, 15) is 0 Å². The molecule has 0 aliphatic carbocycles. The third-order valence-corrected chi connectivity index (χ3v) is 0.653. The van der Waals surface area contributed by atoms with Crippen molar-refractivity contribution in [3.05, 3.63) is 30.6 Å². The Labute approximate surface area is 104 Å². The van der Waals surface area contributed by atoms with Crippen LogP contribution in [-0.2, 0) is 19.4 Å². The molecule has 4 N–H and O–H groups in total. The highest BCUT2D eigenvalue weighted by Crippen LogP contribution is 1.73. The van der Waals surface area contributed by atoms with Gasteiger partial charge in [0.05, 0.1) is 0 Å². The van der Waals surface area contributed by atoms with E-state index in [1.54, 1.807) is 12.4 Å². The molecule has 0 aliphatic rings. The molecule has 0 saturated heterocycles. The molecule has 18 heavy (non-hydrogen) atoms. The summed E-state index contributed by atoms with van der Waals surface area (Å²) in [5, 5.41) is 28.0. The van der Waals surface area contributed by atoms with Gasteiger partial charge in [0.1, 0.15) is 0 Å². The Morgan fingerprint density at radius 2 is 1.11 bits per heavy atom. The quantitative estimate of drug-likeness (QED) is 0.318. The number of aliphatic hydroxyl groups is 2. The maximum Gasteiger partial charge on any atom is 0.330 e. The molecule has 106 valence electrons. The Bertz CT molecular complexity index is 174. The molecule has 0 aromatic carbocycles. The lowest BCUT2D eigenvalue weighted by molar-refractivity contribution is -0.217. The van der Waals surface area contributed by atoms with Crippen LogP contribution in [0.25, 0.3) is 0 Å². The maximum atomic E-state index is 8.70. The lowest BCUT2D eigenvalue weighted by Gasteiger charge is -1.70. The van der Waals surface area contributed by atoms with Gasteiger partial charge in [0, 0.05) is 26.6 Å². The number of hydrogen-bond acceptors (Lipinski definition) is 9. The molecular weight excluding hydrogens is 250 g/mol. The minimum absolute atomic E-state index is 0.0694. The SMILES string of the molecule is CO.CO.O=COO.O=COO.c1ccncc1. The van der Waals surface area contributed by atoms with E-state index in [2.05, 4.69) is 14.8 Å². The van der Waals surface area contributed by atoms with E-state index in [0.29, 0.717) is 0 Å². The molecule has 9 nitrogen and oxygen atoms in total. The second-order valence-electron chi connectivity index (χ2n) is 1.43. The zero-order valence-corrected chi connectivity index (χ0v) is 9.91. The van der Waals surface area contributed by atoms with Gasteiger partial charge in [-0.1, -0.05) is 6.07 Å². The molecule has 1 aromatic rings. The van der Waals surface area contributed by atoms with Gasteiger partial charge >= 0.3 is 12.9 Å². The Morgan fingerprint density at radius 1 is 0.833 bits per heavy atom. The minimum Gasteiger partial charge on any atom is -0.400 e. The van der Waals surface area contributed by atoms with Crippen molar-refractivity contribution in [2.75, 3.05) is 14.2 Å². The van der Waals surface area contributed by atoms with Crippen LogP contribution < -0.4 is 0 Å². The molecule has 0 atom stereocenters. The summed E-state index contributed by atoms with van der Waals surface area (Å²) in [7, 11) is 2.00. The van der Waals surface area contributed by atoms with Gasteiger partial charge in [-0.25, -0.2) is 10.5 Å². The van der Waals surface area contributed by atoms with Crippen molar-refractivity contribution >= 4 is 12.9 Å². The van der Waals surface area contributed by atoms with Gasteiger partial charge in [-0.3, -0.25) is 14.6 Å². The molecule has 0 radical (unpaired) electrons. The van der Waals surface area contributed by atoms with Crippen LogP contribution in [0, 0.1) is 0 Å². The smallest absolute Gasteiger partial charge is 0.330 e. The largest absolute Gasteiger partial charge is 0.400 e. The summed E-state index contributed by atoms with van der Waals surface area (Å²) in [6, 6.07) is 5.72. The summed E-state index contributed by atoms with van der Waals surface area (Å²) in [6.07, 6.45) is 3.50. The van der Waals surface area contributed by atoms with Gasteiger partial charge < -0.3 is 20.0 Å². The molecule has 0 fully saturated rings. The molecule has 0 bridgehead atoms. The number of hydrogen-bond donors (Lipinski definition) is 4. The Balaban J connectivity index is -0.0000000737. The standard InChI is InChI=1S/C5H5N.2CH2O3.2CH4O/c1-2-4-6-5-3-1;2*2-1-4-3;2*1-2/h1-5H;2*1,3H;2*2H,1H3. The Morgan fingerprint density at radius 3 is 1.17 bits per heavy atom. The first-order valence-electron chi connectivity index (χ1n) is 4.05. The van der Waals surface area contributed by atoms with Crippen LogP contribution in [0.15, 0.2) is 30.6 Å². The van der Waals surface area contributed by atoms with Gasteiger partial charge in [0.2, 0.25) is 0 Å². The molecule has 1 heterocycles. The zero-order valence-electron chi connectivity index (χ0n) is 9.91. The summed E-state index contributed by atoms with van der Waals surface area (Å²) in [4.78, 5) is 26.9. The van der Waals surface area contributed by atoms with Crippen molar-refractivity contribution in [3.8, 4) is 0 Å².